The van der Waals surface area contributed by atoms with E-state index in [0.717, 1.165) is 32.9 Å². The first-order valence-electron chi connectivity index (χ1n) is 14.5. The quantitative estimate of drug-likeness (QED) is 0.118. The Labute approximate surface area is 261 Å². The van der Waals surface area contributed by atoms with Gasteiger partial charge in [-0.15, -0.1) is 0 Å². The number of H-pyrrole nitrogens is 2. The highest BCUT2D eigenvalue weighted by Crippen LogP contribution is 2.20. The molecule has 0 radical (unpaired) electrons. The number of amides is 1. The third-order valence-electron chi connectivity index (χ3n) is 7.12. The third kappa shape index (κ3) is 10.7. The molecule has 0 fully saturated rings. The third-order valence-corrected chi connectivity index (χ3v) is 7.12. The van der Waals surface area contributed by atoms with Gasteiger partial charge in [-0.25, -0.2) is 4.79 Å². The summed E-state index contributed by atoms with van der Waals surface area (Å²) in [7, 11) is 0. The van der Waals surface area contributed by atoms with Crippen LogP contribution in [-0.4, -0.2) is 73.3 Å². The predicted molar refractivity (Wildman–Crippen MR) is 172 cm³/mol. The van der Waals surface area contributed by atoms with Gasteiger partial charge in [0.05, 0.1) is 6.04 Å². The van der Waals surface area contributed by atoms with Crippen LogP contribution in [0.4, 0.5) is 0 Å². The zero-order valence-electron chi connectivity index (χ0n) is 25.9. The Bertz CT molecular complexity index is 1580. The zero-order chi connectivity index (χ0) is 33.8. The van der Waals surface area contributed by atoms with Gasteiger partial charge in [-0.2, -0.15) is 0 Å². The highest BCUT2D eigenvalue weighted by Gasteiger charge is 2.26. The van der Waals surface area contributed by atoms with Crippen molar-refractivity contribution in [2.45, 2.75) is 64.7 Å². The number of aromatic amines is 2. The molecule has 2 aromatic carbocycles. The van der Waals surface area contributed by atoms with Crippen LogP contribution < -0.4 is 22.5 Å². The van der Waals surface area contributed by atoms with E-state index in [1.165, 1.54) is 0 Å². The van der Waals surface area contributed by atoms with Crippen molar-refractivity contribution in [3.63, 3.8) is 0 Å². The molecule has 0 aliphatic heterocycles. The van der Waals surface area contributed by atoms with E-state index in [9.17, 15) is 19.2 Å². The Balaban J connectivity index is 0.000000264. The second-order valence-electron chi connectivity index (χ2n) is 11.4. The number of para-hydroxylation sites is 2. The normalized spacial score (nSPS) is 13.6. The first-order valence-corrected chi connectivity index (χ1v) is 14.5. The van der Waals surface area contributed by atoms with Gasteiger partial charge in [-0.05, 0) is 41.5 Å². The van der Waals surface area contributed by atoms with E-state index in [2.05, 4.69) is 15.3 Å². The molecule has 0 aliphatic rings. The maximum atomic E-state index is 12.1. The molecule has 4 aromatic rings. The molecule has 12 N–H and O–H groups in total. The largest absolute Gasteiger partial charge is 0.480 e. The number of hydrogen-bond donors (Lipinski definition) is 9. The summed E-state index contributed by atoms with van der Waals surface area (Å²) in [5.41, 5.74) is 20.4. The van der Waals surface area contributed by atoms with E-state index in [-0.39, 0.29) is 11.8 Å². The lowest BCUT2D eigenvalue weighted by Gasteiger charge is -2.20. The number of carboxylic acids is 3. The molecule has 2 aromatic heterocycles. The molecule has 0 aliphatic carbocycles. The lowest BCUT2D eigenvalue weighted by atomic mass is 10.0. The van der Waals surface area contributed by atoms with Crippen LogP contribution in [0.5, 0.6) is 0 Å². The fourth-order valence-electron chi connectivity index (χ4n) is 4.31. The topological polar surface area (TPSA) is 251 Å². The standard InChI is InChI=1S/C16H21N3O3.C11H12N2O2.C5H11NO2/c1-9(2)14(16(21)22)19-15(20)12(17)7-10-8-18-13-6-4-3-5-11(10)13;12-9(11(14)15)5-7-6-13-10-4-2-1-3-8(7)10;1-3(2)4(6)5(7)8/h3-6,8-9,12,14,18H,7,17H2,1-2H3,(H,19,20)(H,21,22);1-4,6,9,13H,5,12H2,(H,14,15);3-4H,6H2,1-2H3,(H,7,8). The van der Waals surface area contributed by atoms with E-state index in [1.54, 1.807) is 27.7 Å². The van der Waals surface area contributed by atoms with E-state index >= 15 is 0 Å². The van der Waals surface area contributed by atoms with Crippen LogP contribution in [0.25, 0.3) is 21.8 Å². The molecule has 0 saturated heterocycles. The van der Waals surface area contributed by atoms with Gasteiger partial charge in [0, 0.05) is 40.6 Å². The van der Waals surface area contributed by atoms with Gasteiger partial charge >= 0.3 is 17.9 Å². The molecule has 2 heterocycles. The first kappa shape index (κ1) is 36.5. The van der Waals surface area contributed by atoms with Crippen molar-refractivity contribution in [1.82, 2.24) is 15.3 Å². The summed E-state index contributed by atoms with van der Waals surface area (Å²) in [5.74, 6) is -3.59. The summed E-state index contributed by atoms with van der Waals surface area (Å²) in [6.07, 6.45) is 4.34. The number of benzene rings is 2. The maximum absolute atomic E-state index is 12.1. The van der Waals surface area contributed by atoms with Crippen molar-refractivity contribution in [2.24, 2.45) is 29.0 Å². The molecule has 0 saturated carbocycles. The molecule has 13 nitrogen and oxygen atoms in total. The van der Waals surface area contributed by atoms with Crippen LogP contribution in [0.2, 0.25) is 0 Å². The van der Waals surface area contributed by atoms with E-state index in [1.807, 2.05) is 60.9 Å². The van der Waals surface area contributed by atoms with Gasteiger partial charge in [0.1, 0.15) is 18.1 Å². The predicted octanol–water partition coefficient (Wildman–Crippen LogP) is 2.44. The number of carboxylic acid groups (broad SMARTS) is 3. The summed E-state index contributed by atoms with van der Waals surface area (Å²) in [5, 5.41) is 30.6. The minimum absolute atomic E-state index is 0.0208. The van der Waals surface area contributed by atoms with Crippen molar-refractivity contribution >= 4 is 45.6 Å². The lowest BCUT2D eigenvalue weighted by Crippen LogP contribution is -2.51. The molecule has 45 heavy (non-hydrogen) atoms. The highest BCUT2D eigenvalue weighted by atomic mass is 16.4. The molecule has 244 valence electrons. The molecule has 0 bridgehead atoms. The van der Waals surface area contributed by atoms with Crippen LogP contribution in [0.15, 0.2) is 60.9 Å². The molecule has 4 unspecified atom stereocenters. The second kappa shape index (κ2) is 16.9. The maximum Gasteiger partial charge on any atom is 0.326 e. The number of rotatable bonds is 11. The Morgan fingerprint density at radius 2 is 1.11 bits per heavy atom. The van der Waals surface area contributed by atoms with Crippen LogP contribution in [0.1, 0.15) is 38.8 Å². The number of aromatic nitrogens is 2. The number of fused-ring (bicyclic) bond motifs is 2. The summed E-state index contributed by atoms with van der Waals surface area (Å²) in [4.78, 5) is 50.1. The van der Waals surface area contributed by atoms with E-state index in [4.69, 9.17) is 32.5 Å². The Hall–Kier alpha value is -4.72. The van der Waals surface area contributed by atoms with Crippen LogP contribution in [-0.2, 0) is 32.0 Å². The van der Waals surface area contributed by atoms with Gasteiger partial charge in [0.15, 0.2) is 0 Å². The smallest absolute Gasteiger partial charge is 0.326 e. The molecule has 0 spiro atoms. The van der Waals surface area contributed by atoms with Crippen LogP contribution >= 0.6 is 0 Å². The van der Waals surface area contributed by atoms with Gasteiger partial charge in [0.2, 0.25) is 5.91 Å². The van der Waals surface area contributed by atoms with E-state index in [0.29, 0.717) is 12.8 Å². The molecule has 4 atom stereocenters. The van der Waals surface area contributed by atoms with Gasteiger partial charge in [-0.1, -0.05) is 64.1 Å². The van der Waals surface area contributed by atoms with Crippen LogP contribution in [0.3, 0.4) is 0 Å². The number of aliphatic carboxylic acids is 3. The van der Waals surface area contributed by atoms with Gasteiger partial charge in [-0.3, -0.25) is 14.4 Å². The second-order valence-corrected chi connectivity index (χ2v) is 11.4. The molecular formula is C32H44N6O7. The minimum Gasteiger partial charge on any atom is -0.480 e. The summed E-state index contributed by atoms with van der Waals surface area (Å²) < 4.78 is 0. The zero-order valence-corrected chi connectivity index (χ0v) is 25.9. The number of nitrogens with one attached hydrogen (secondary N) is 3. The van der Waals surface area contributed by atoms with Crippen molar-refractivity contribution in [3.8, 4) is 0 Å². The Morgan fingerprint density at radius 3 is 1.47 bits per heavy atom. The summed E-state index contributed by atoms with van der Waals surface area (Å²) in [6.45, 7) is 7.03. The SMILES string of the molecule is CC(C)C(N)C(=O)O.CC(C)C(NC(=O)C(N)Cc1c[nH]c2ccccc12)C(=O)O.NC(Cc1c[nH]c2ccccc12)C(=O)O. The monoisotopic (exact) mass is 624 g/mol. The lowest BCUT2D eigenvalue weighted by molar-refractivity contribution is -0.143. The fraction of sp³-hybridized carbons (Fsp3) is 0.375. The van der Waals surface area contributed by atoms with Crippen molar-refractivity contribution in [1.29, 1.82) is 0 Å². The van der Waals surface area contributed by atoms with Crippen molar-refractivity contribution in [2.75, 3.05) is 0 Å². The number of nitrogens with two attached hydrogens (primary N) is 3. The Morgan fingerprint density at radius 1 is 0.667 bits per heavy atom. The van der Waals surface area contributed by atoms with Crippen molar-refractivity contribution < 1.29 is 34.5 Å². The highest BCUT2D eigenvalue weighted by molar-refractivity contribution is 5.89. The molecule has 4 rings (SSSR count). The minimum atomic E-state index is -1.05. The summed E-state index contributed by atoms with van der Waals surface area (Å²) in [6, 6.07) is 12.2. The van der Waals surface area contributed by atoms with E-state index < -0.39 is 48.0 Å². The average molecular weight is 625 g/mol. The van der Waals surface area contributed by atoms with Gasteiger partial charge in [0.25, 0.3) is 0 Å². The van der Waals surface area contributed by atoms with Gasteiger partial charge < -0.3 is 47.8 Å². The summed E-state index contributed by atoms with van der Waals surface area (Å²) >= 11 is 0. The molecule has 13 heteroatoms. The molecular weight excluding hydrogens is 580 g/mol. The van der Waals surface area contributed by atoms with Crippen LogP contribution in [0, 0.1) is 11.8 Å². The Kier molecular flexibility index (Phi) is 13.7. The number of carbonyl (C=O) groups is 4. The number of hydrogen-bond acceptors (Lipinski definition) is 7. The average Bonchev–Trinajstić information content (AvgIpc) is 3.59. The first-order chi connectivity index (χ1) is 21.1. The van der Waals surface area contributed by atoms with Crippen molar-refractivity contribution in [3.05, 3.63) is 72.1 Å². The number of carbonyl (C=O) groups excluding carboxylic acids is 1. The molecule has 1 amide bonds. The fourth-order valence-corrected chi connectivity index (χ4v) is 4.31.